The first-order chi connectivity index (χ1) is 6.74. The molecule has 0 unspecified atom stereocenters. The topological polar surface area (TPSA) is 17.1 Å². The maximum atomic E-state index is 13.1. The number of benzene rings is 1. The van der Waals surface area contributed by atoms with Crippen molar-refractivity contribution in [1.82, 2.24) is 0 Å². The number of rotatable bonds is 2. The van der Waals surface area contributed by atoms with Crippen LogP contribution in [-0.4, -0.2) is 12.5 Å². The predicted molar refractivity (Wildman–Crippen MR) is 59.0 cm³/mol. The van der Waals surface area contributed by atoms with Gasteiger partial charge in [0, 0.05) is 15.0 Å². The molecule has 0 aliphatic heterocycles. The molecule has 1 nitrogen and oxygen atoms in total. The zero-order valence-electron chi connectivity index (χ0n) is 7.41. The van der Waals surface area contributed by atoms with Crippen LogP contribution in [0.25, 0.3) is 10.1 Å². The minimum absolute atomic E-state index is 0.249. The number of hydrogen-bond donors (Lipinski definition) is 0. The molecule has 0 aliphatic carbocycles. The minimum Gasteiger partial charge on any atom is -0.297 e. The van der Waals surface area contributed by atoms with E-state index in [-0.39, 0.29) is 5.82 Å². The highest BCUT2D eigenvalue weighted by Crippen LogP contribution is 2.33. The molecule has 2 aromatic rings. The summed E-state index contributed by atoms with van der Waals surface area (Å²) in [6, 6.07) is 4.76. The highest BCUT2D eigenvalue weighted by molar-refractivity contribution is 7.98. The molecule has 0 aliphatic rings. The van der Waals surface area contributed by atoms with Gasteiger partial charge >= 0.3 is 0 Å². The lowest BCUT2D eigenvalue weighted by molar-refractivity contribution is 0.112. The van der Waals surface area contributed by atoms with E-state index in [9.17, 15) is 9.18 Å². The van der Waals surface area contributed by atoms with Crippen LogP contribution in [0.3, 0.4) is 0 Å². The molecule has 2 rings (SSSR count). The van der Waals surface area contributed by atoms with Crippen LogP contribution in [0.15, 0.2) is 23.1 Å². The Labute approximate surface area is 88.9 Å². The van der Waals surface area contributed by atoms with Crippen molar-refractivity contribution in [3.63, 3.8) is 0 Å². The summed E-state index contributed by atoms with van der Waals surface area (Å²) in [6.07, 6.45) is 2.69. The van der Waals surface area contributed by atoms with E-state index in [4.69, 9.17) is 0 Å². The Morgan fingerprint density at radius 3 is 2.86 bits per heavy atom. The van der Waals surface area contributed by atoms with Gasteiger partial charge in [-0.05, 0) is 24.5 Å². The summed E-state index contributed by atoms with van der Waals surface area (Å²) in [5, 5.41) is 0.964. The van der Waals surface area contributed by atoms with E-state index in [0.29, 0.717) is 4.88 Å². The molecular weight excluding hydrogens is 219 g/mol. The van der Waals surface area contributed by atoms with Gasteiger partial charge in [0.05, 0.1) is 4.88 Å². The van der Waals surface area contributed by atoms with E-state index in [1.54, 1.807) is 6.07 Å². The number of hydrogen-bond acceptors (Lipinski definition) is 3. The number of thioether (sulfide) groups is 1. The van der Waals surface area contributed by atoms with E-state index in [1.807, 2.05) is 6.26 Å². The second-order valence-electron chi connectivity index (χ2n) is 2.79. The molecule has 0 bridgehead atoms. The highest BCUT2D eigenvalue weighted by Gasteiger charge is 2.07. The van der Waals surface area contributed by atoms with Gasteiger partial charge in [0.1, 0.15) is 5.82 Å². The quantitative estimate of drug-likeness (QED) is 0.575. The standard InChI is InChI=1S/C10H7FOS2/c1-13-9-2-6(11)3-10-8(9)4-7(5-12)14-10/h2-5H,1H3. The smallest absolute Gasteiger partial charge is 0.160 e. The summed E-state index contributed by atoms with van der Waals surface area (Å²) >= 11 is 2.81. The molecule has 14 heavy (non-hydrogen) atoms. The first-order valence-electron chi connectivity index (χ1n) is 3.97. The van der Waals surface area contributed by atoms with Crippen molar-refractivity contribution in [2.45, 2.75) is 4.90 Å². The van der Waals surface area contributed by atoms with Crippen molar-refractivity contribution in [3.05, 3.63) is 28.9 Å². The van der Waals surface area contributed by atoms with Gasteiger partial charge in [0.25, 0.3) is 0 Å². The van der Waals surface area contributed by atoms with Crippen molar-refractivity contribution in [2.24, 2.45) is 0 Å². The van der Waals surface area contributed by atoms with Gasteiger partial charge in [-0.25, -0.2) is 4.39 Å². The van der Waals surface area contributed by atoms with Gasteiger partial charge < -0.3 is 0 Å². The Balaban J connectivity index is 2.77. The van der Waals surface area contributed by atoms with Gasteiger partial charge in [-0.3, -0.25) is 4.79 Å². The average Bonchev–Trinajstić information content (AvgIpc) is 2.59. The van der Waals surface area contributed by atoms with Crippen molar-refractivity contribution in [3.8, 4) is 0 Å². The molecule has 0 amide bonds. The van der Waals surface area contributed by atoms with Gasteiger partial charge in [0.15, 0.2) is 6.29 Å². The van der Waals surface area contributed by atoms with E-state index < -0.39 is 0 Å². The fourth-order valence-corrected chi connectivity index (χ4v) is 2.93. The number of thiophene rings is 1. The first kappa shape index (κ1) is 9.68. The lowest BCUT2D eigenvalue weighted by atomic mass is 10.2. The van der Waals surface area contributed by atoms with Crippen molar-refractivity contribution >= 4 is 39.5 Å². The largest absolute Gasteiger partial charge is 0.297 e. The monoisotopic (exact) mass is 226 g/mol. The zero-order valence-corrected chi connectivity index (χ0v) is 9.05. The fraction of sp³-hybridized carbons (Fsp3) is 0.100. The fourth-order valence-electron chi connectivity index (χ4n) is 1.32. The molecular formula is C10H7FOS2. The number of aldehydes is 1. The normalized spacial score (nSPS) is 10.7. The SMILES string of the molecule is CSc1cc(F)cc2sc(C=O)cc12. The Bertz CT molecular complexity index is 490. The summed E-state index contributed by atoms with van der Waals surface area (Å²) in [7, 11) is 0. The third-order valence-electron chi connectivity index (χ3n) is 1.92. The zero-order chi connectivity index (χ0) is 10.1. The van der Waals surface area contributed by atoms with Gasteiger partial charge in [-0.1, -0.05) is 0 Å². The van der Waals surface area contributed by atoms with Crippen molar-refractivity contribution < 1.29 is 9.18 Å². The number of carbonyl (C=O) groups is 1. The van der Waals surface area contributed by atoms with E-state index in [2.05, 4.69) is 0 Å². The minimum atomic E-state index is -0.249. The highest BCUT2D eigenvalue weighted by atomic mass is 32.2. The molecule has 1 aromatic carbocycles. The number of halogens is 1. The van der Waals surface area contributed by atoms with E-state index in [1.165, 1.54) is 35.2 Å². The summed E-state index contributed by atoms with van der Waals surface area (Å²) in [5.41, 5.74) is 0. The van der Waals surface area contributed by atoms with Crippen LogP contribution in [0.1, 0.15) is 9.67 Å². The Kier molecular flexibility index (Phi) is 2.56. The molecule has 1 aromatic heterocycles. The Morgan fingerprint density at radius 1 is 1.43 bits per heavy atom. The second kappa shape index (κ2) is 3.71. The average molecular weight is 226 g/mol. The molecule has 0 atom stereocenters. The summed E-state index contributed by atoms with van der Waals surface area (Å²) in [6.45, 7) is 0. The maximum absolute atomic E-state index is 13.1. The Morgan fingerprint density at radius 2 is 2.21 bits per heavy atom. The van der Waals surface area contributed by atoms with Crippen molar-refractivity contribution in [1.29, 1.82) is 0 Å². The van der Waals surface area contributed by atoms with Gasteiger partial charge in [-0.15, -0.1) is 23.1 Å². The molecule has 1 heterocycles. The lowest BCUT2D eigenvalue weighted by Crippen LogP contribution is -1.76. The van der Waals surface area contributed by atoms with Crippen LogP contribution in [-0.2, 0) is 0 Å². The molecule has 0 fully saturated rings. The number of carbonyl (C=O) groups excluding carboxylic acids is 1. The molecule has 0 saturated heterocycles. The van der Waals surface area contributed by atoms with Gasteiger partial charge in [-0.2, -0.15) is 0 Å². The van der Waals surface area contributed by atoms with Crippen LogP contribution in [0.4, 0.5) is 4.39 Å². The van der Waals surface area contributed by atoms with E-state index in [0.717, 1.165) is 21.3 Å². The van der Waals surface area contributed by atoms with Crippen LogP contribution in [0.5, 0.6) is 0 Å². The molecule has 0 saturated carbocycles. The third kappa shape index (κ3) is 1.55. The molecule has 0 N–H and O–H groups in total. The summed E-state index contributed by atoms with van der Waals surface area (Å²) in [4.78, 5) is 12.1. The molecule has 0 spiro atoms. The number of fused-ring (bicyclic) bond motifs is 1. The van der Waals surface area contributed by atoms with Crippen LogP contribution in [0, 0.1) is 5.82 Å². The molecule has 0 radical (unpaired) electrons. The summed E-state index contributed by atoms with van der Waals surface area (Å²) in [5.74, 6) is -0.249. The predicted octanol–water partition coefficient (Wildman–Crippen LogP) is 3.57. The van der Waals surface area contributed by atoms with Crippen molar-refractivity contribution in [2.75, 3.05) is 6.26 Å². The lowest BCUT2D eigenvalue weighted by Gasteiger charge is -1.98. The maximum Gasteiger partial charge on any atom is 0.160 e. The van der Waals surface area contributed by atoms with Gasteiger partial charge in [0.2, 0.25) is 0 Å². The third-order valence-corrected chi connectivity index (χ3v) is 3.70. The van der Waals surface area contributed by atoms with Crippen LogP contribution < -0.4 is 0 Å². The molecule has 72 valence electrons. The summed E-state index contributed by atoms with van der Waals surface area (Å²) < 4.78 is 13.9. The molecule has 4 heteroatoms. The van der Waals surface area contributed by atoms with Crippen LogP contribution in [0.2, 0.25) is 0 Å². The van der Waals surface area contributed by atoms with E-state index >= 15 is 0 Å². The first-order valence-corrected chi connectivity index (χ1v) is 6.01. The second-order valence-corrected chi connectivity index (χ2v) is 4.75. The Hall–Kier alpha value is -0.870. The van der Waals surface area contributed by atoms with Crippen LogP contribution >= 0.6 is 23.1 Å².